The van der Waals surface area contributed by atoms with Gasteiger partial charge in [0.15, 0.2) is 6.10 Å². The van der Waals surface area contributed by atoms with Gasteiger partial charge in [-0.2, -0.15) is 13.2 Å². The van der Waals surface area contributed by atoms with Gasteiger partial charge in [-0.1, -0.05) is 32.4 Å². The molecule has 0 aromatic rings. The Morgan fingerprint density at radius 3 is 2.48 bits per heavy atom. The van der Waals surface area contributed by atoms with E-state index in [4.69, 9.17) is 4.74 Å². The van der Waals surface area contributed by atoms with Crippen molar-refractivity contribution in [3.05, 3.63) is 11.6 Å². The lowest BCUT2D eigenvalue weighted by Gasteiger charge is -2.59. The molecule has 0 saturated heterocycles. The highest BCUT2D eigenvalue weighted by atomic mass is 19.4. The van der Waals surface area contributed by atoms with Gasteiger partial charge in [-0.15, -0.1) is 0 Å². The van der Waals surface area contributed by atoms with E-state index in [1.54, 1.807) is 14.0 Å². The number of aliphatic hydroxyl groups is 2. The minimum atomic E-state index is -4.55. The minimum absolute atomic E-state index is 0.0689. The molecule has 0 radical (unpaired) electrons. The highest BCUT2D eigenvalue weighted by Gasteiger charge is 2.61. The topological polar surface area (TPSA) is 49.7 Å². The molecule has 0 aliphatic heterocycles. The van der Waals surface area contributed by atoms with Crippen molar-refractivity contribution in [3.63, 3.8) is 0 Å². The number of hydrogen-bond acceptors (Lipinski definition) is 3. The average molecular weight is 445 g/mol. The van der Waals surface area contributed by atoms with E-state index in [0.717, 1.165) is 44.9 Å². The van der Waals surface area contributed by atoms with Crippen LogP contribution < -0.4 is 0 Å². The molecule has 0 heterocycles. The summed E-state index contributed by atoms with van der Waals surface area (Å²) in [5.74, 6) is 0.566. The van der Waals surface area contributed by atoms with Crippen LogP contribution in [0.25, 0.3) is 0 Å². The Kier molecular flexibility index (Phi) is 5.88. The fraction of sp³-hybridized carbons (Fsp3) is 0.920. The molecule has 3 nitrogen and oxygen atoms in total. The van der Waals surface area contributed by atoms with Crippen molar-refractivity contribution in [1.82, 2.24) is 0 Å². The molecular formula is C25H39F3O3. The van der Waals surface area contributed by atoms with Crippen LogP contribution >= 0.6 is 0 Å². The number of aliphatic hydroxyl groups excluding tert-OH is 1. The van der Waals surface area contributed by atoms with Crippen molar-refractivity contribution in [3.8, 4) is 0 Å². The maximum atomic E-state index is 13.2. The molecular weight excluding hydrogens is 405 g/mol. The first-order valence-corrected chi connectivity index (χ1v) is 12.0. The molecule has 0 spiro atoms. The molecule has 4 aliphatic carbocycles. The van der Waals surface area contributed by atoms with E-state index in [2.05, 4.69) is 19.9 Å². The molecule has 2 unspecified atom stereocenters. The van der Waals surface area contributed by atoms with Gasteiger partial charge >= 0.3 is 6.18 Å². The number of hydrogen-bond donors (Lipinski definition) is 2. The van der Waals surface area contributed by atoms with Crippen LogP contribution in [-0.2, 0) is 4.74 Å². The largest absolute Gasteiger partial charge is 0.414 e. The third kappa shape index (κ3) is 3.69. The van der Waals surface area contributed by atoms with Gasteiger partial charge in [0.2, 0.25) is 0 Å². The second kappa shape index (κ2) is 7.73. The van der Waals surface area contributed by atoms with Crippen LogP contribution in [0.2, 0.25) is 0 Å². The molecule has 9 atom stereocenters. The summed E-state index contributed by atoms with van der Waals surface area (Å²) in [4.78, 5) is 0. The van der Waals surface area contributed by atoms with Crippen molar-refractivity contribution in [2.24, 2.45) is 40.4 Å². The van der Waals surface area contributed by atoms with Gasteiger partial charge in [-0.3, -0.25) is 0 Å². The van der Waals surface area contributed by atoms with E-state index in [9.17, 15) is 23.4 Å². The number of ether oxygens (including phenoxy) is 1. The second-order valence-corrected chi connectivity index (χ2v) is 11.7. The SMILES string of the molecule is COC[C@]1(O)CC[C@@]2(C)C(=CC[C@H]3[C@@H]4CC[C@H](C(C)C(O)C(F)(F)F)[C@@]4(C)CC[C@@H]32)C1. The molecule has 0 aromatic carbocycles. The minimum Gasteiger partial charge on any atom is -0.387 e. The van der Waals surface area contributed by atoms with E-state index in [1.807, 2.05) is 0 Å². The van der Waals surface area contributed by atoms with Gasteiger partial charge in [0.1, 0.15) is 0 Å². The summed E-state index contributed by atoms with van der Waals surface area (Å²) in [5, 5.41) is 20.9. The molecule has 0 aromatic heterocycles. The first kappa shape index (κ1) is 23.6. The standard InChI is InChI=1S/C25H39F3O3/c1-15(21(29)25(26,27)28)18-7-8-19-17-6-5-16-13-24(30,14-31-4)12-11-22(16,2)20(17)9-10-23(18,19)3/h5,15,17-21,29-30H,6-14H2,1-4H3/t15?,17-,18+,19-,20-,21?,22-,23+,24-/m0/s1. The van der Waals surface area contributed by atoms with Crippen LogP contribution in [0.3, 0.4) is 0 Å². The third-order valence-electron chi connectivity index (χ3n) is 10.2. The van der Waals surface area contributed by atoms with Gasteiger partial charge < -0.3 is 14.9 Å². The Bertz CT molecular complexity index is 721. The van der Waals surface area contributed by atoms with E-state index >= 15 is 0 Å². The number of fused-ring (bicyclic) bond motifs is 5. The van der Waals surface area contributed by atoms with Crippen LogP contribution in [0.4, 0.5) is 13.2 Å². The summed E-state index contributed by atoms with van der Waals surface area (Å²) < 4.78 is 45.0. The summed E-state index contributed by atoms with van der Waals surface area (Å²) in [6.45, 7) is 6.51. The normalized spacial score (nSPS) is 47.1. The van der Waals surface area contributed by atoms with E-state index in [0.29, 0.717) is 30.8 Å². The van der Waals surface area contributed by atoms with Crippen molar-refractivity contribution < 1.29 is 28.1 Å². The summed E-state index contributed by atoms with van der Waals surface area (Å²) in [7, 11) is 1.63. The van der Waals surface area contributed by atoms with Crippen molar-refractivity contribution >= 4 is 0 Å². The summed E-state index contributed by atoms with van der Waals surface area (Å²) in [6, 6.07) is 0. The summed E-state index contributed by atoms with van der Waals surface area (Å²) >= 11 is 0. The molecule has 0 bridgehead atoms. The van der Waals surface area contributed by atoms with Crippen LogP contribution in [0.5, 0.6) is 0 Å². The van der Waals surface area contributed by atoms with Crippen molar-refractivity contribution in [2.45, 2.75) is 90.0 Å². The Balaban J connectivity index is 1.57. The Morgan fingerprint density at radius 1 is 1.13 bits per heavy atom. The highest BCUT2D eigenvalue weighted by molar-refractivity contribution is 5.27. The number of halogens is 3. The zero-order valence-corrected chi connectivity index (χ0v) is 19.3. The lowest BCUT2D eigenvalue weighted by Crippen LogP contribution is -2.53. The molecule has 178 valence electrons. The van der Waals surface area contributed by atoms with E-state index < -0.39 is 23.8 Å². The molecule has 4 aliphatic rings. The number of rotatable bonds is 4. The zero-order valence-electron chi connectivity index (χ0n) is 19.3. The van der Waals surface area contributed by atoms with Crippen LogP contribution in [-0.4, -0.2) is 41.8 Å². The van der Waals surface area contributed by atoms with Crippen molar-refractivity contribution in [1.29, 1.82) is 0 Å². The number of allylic oxidation sites excluding steroid dienone is 1. The molecule has 6 heteroatoms. The van der Waals surface area contributed by atoms with Crippen LogP contribution in [0.1, 0.15) is 72.1 Å². The highest BCUT2D eigenvalue weighted by Crippen LogP contribution is 2.68. The summed E-state index contributed by atoms with van der Waals surface area (Å²) in [6.07, 6.45) is 2.55. The van der Waals surface area contributed by atoms with Gasteiger partial charge in [0.25, 0.3) is 0 Å². The average Bonchev–Trinajstić information content (AvgIpc) is 3.04. The van der Waals surface area contributed by atoms with Gasteiger partial charge in [-0.05, 0) is 91.8 Å². The van der Waals surface area contributed by atoms with E-state index in [1.165, 1.54) is 5.57 Å². The van der Waals surface area contributed by atoms with E-state index in [-0.39, 0.29) is 16.7 Å². The Hall–Kier alpha value is -0.590. The predicted molar refractivity (Wildman–Crippen MR) is 113 cm³/mol. The molecule has 3 saturated carbocycles. The van der Waals surface area contributed by atoms with Gasteiger partial charge in [0, 0.05) is 7.11 Å². The van der Waals surface area contributed by atoms with Crippen LogP contribution in [0.15, 0.2) is 11.6 Å². The third-order valence-corrected chi connectivity index (χ3v) is 10.2. The maximum Gasteiger partial charge on any atom is 0.414 e. The second-order valence-electron chi connectivity index (χ2n) is 11.7. The fourth-order valence-electron chi connectivity index (χ4n) is 8.53. The molecule has 0 amide bonds. The van der Waals surface area contributed by atoms with Crippen LogP contribution in [0, 0.1) is 40.4 Å². The smallest absolute Gasteiger partial charge is 0.387 e. The first-order valence-electron chi connectivity index (χ1n) is 12.0. The molecule has 3 fully saturated rings. The monoisotopic (exact) mass is 444 g/mol. The fourth-order valence-corrected chi connectivity index (χ4v) is 8.53. The quantitative estimate of drug-likeness (QED) is 0.563. The maximum absolute atomic E-state index is 13.2. The molecule has 31 heavy (non-hydrogen) atoms. The number of methoxy groups -OCH3 is 1. The Morgan fingerprint density at radius 2 is 1.84 bits per heavy atom. The van der Waals surface area contributed by atoms with Gasteiger partial charge in [0.05, 0.1) is 12.2 Å². The Labute approximate surface area is 184 Å². The summed E-state index contributed by atoms with van der Waals surface area (Å²) in [5.41, 5.74) is 0.510. The number of alkyl halides is 3. The van der Waals surface area contributed by atoms with Gasteiger partial charge in [-0.25, -0.2) is 0 Å². The zero-order chi connectivity index (χ0) is 22.8. The molecule has 2 N–H and O–H groups in total. The lowest BCUT2D eigenvalue weighted by atomic mass is 9.46. The lowest BCUT2D eigenvalue weighted by molar-refractivity contribution is -0.227. The predicted octanol–water partition coefficient (Wildman–Crippen LogP) is 5.50. The molecule has 4 rings (SSSR count). The van der Waals surface area contributed by atoms with Crippen molar-refractivity contribution in [2.75, 3.05) is 13.7 Å². The first-order chi connectivity index (χ1) is 14.4.